The van der Waals surface area contributed by atoms with E-state index in [0.717, 1.165) is 67.4 Å². The van der Waals surface area contributed by atoms with Crippen LogP contribution in [-0.4, -0.2) is 86.7 Å². The number of anilines is 3. The monoisotopic (exact) mass is 1780 g/mol. The zero-order valence-electron chi connectivity index (χ0n) is 67.0. The number of benzene rings is 8. The van der Waals surface area contributed by atoms with Crippen molar-refractivity contribution in [1.29, 1.82) is 0 Å². The van der Waals surface area contributed by atoms with E-state index >= 15 is 0 Å². The highest BCUT2D eigenvalue weighted by molar-refractivity contribution is 8.00. The van der Waals surface area contributed by atoms with Crippen molar-refractivity contribution in [3.8, 4) is 17.2 Å². The zero-order valence-corrected chi connectivity index (χ0v) is 74.8. The summed E-state index contributed by atoms with van der Waals surface area (Å²) in [6.07, 6.45) is 16.9. The standard InChI is InChI=1S/C40H33Cl8N5O3S.C24H38O4.C16H22O4.C6H5O2P.C2H6/c1-4-28(56-29-15-12-20(2)16-21(29)3)40(54)51-26-10-5-6-11-30(26)57-31-18-53(37-35(47)33(45)32(44)34(46)36(37)48)52-39(31)50-27-17-22(13-14-23(27)41)49-19-55-38-24(42)8-7-9-25(38)43;1-3-5-7-9-11-15-19-27-23(25)21-17-13-14-18-22(21)24(26)28-20-16-12-10-8-6-4-2;1-3-5-11-19-15(17)13-9-7-8-10-14(13)16(18)20-12-6-4-2;7-9-8-6-4-2-1-3-5-6;1-2/h5-17,28,31,49H,4,18-19H2,1-3H3,(H,50,52)(H,51,54);13-14,17-18H,3-12,15-16,19-20H2,1-2H3;7-10H,3-6,11-12H2,1-2H3;1-5H;1-2H3. The maximum absolute atomic E-state index is 13.7. The molecule has 8 aromatic rings. The summed E-state index contributed by atoms with van der Waals surface area (Å²) in [7, 11) is -0.305. The summed E-state index contributed by atoms with van der Waals surface area (Å²) in [6, 6.07) is 46.0. The van der Waals surface area contributed by atoms with E-state index < -0.39 is 35.2 Å². The Morgan fingerprint density at radius 1 is 0.526 bits per heavy atom. The maximum atomic E-state index is 13.7. The van der Waals surface area contributed by atoms with Gasteiger partial charge in [-0.15, -0.1) is 11.8 Å². The van der Waals surface area contributed by atoms with Crippen LogP contribution in [0.3, 0.4) is 0 Å². The molecule has 626 valence electrons. The number of rotatable bonds is 39. The van der Waals surface area contributed by atoms with Crippen LogP contribution in [0.1, 0.15) is 210 Å². The Morgan fingerprint density at radius 2 is 0.991 bits per heavy atom. The van der Waals surface area contributed by atoms with Gasteiger partial charge in [0, 0.05) is 10.6 Å². The van der Waals surface area contributed by atoms with Crippen LogP contribution in [-0.2, 0) is 28.3 Å². The maximum Gasteiger partial charge on any atom is 0.395 e. The smallest absolute Gasteiger partial charge is 0.395 e. The van der Waals surface area contributed by atoms with Crippen molar-refractivity contribution in [2.24, 2.45) is 4.99 Å². The second-order valence-electron chi connectivity index (χ2n) is 26.1. The van der Waals surface area contributed by atoms with Crippen LogP contribution in [0, 0.1) is 13.8 Å². The van der Waals surface area contributed by atoms with Crippen molar-refractivity contribution < 1.29 is 61.5 Å². The first-order valence-corrected chi connectivity index (χ1v) is 43.7. The number of aryl methyl sites for hydroxylation is 2. The summed E-state index contributed by atoms with van der Waals surface area (Å²) in [4.78, 5) is 68.0. The lowest BCUT2D eigenvalue weighted by atomic mass is 10.1. The summed E-state index contributed by atoms with van der Waals surface area (Å²) in [6.45, 7) is 20.1. The van der Waals surface area contributed by atoms with Crippen molar-refractivity contribution in [2.75, 3.05) is 55.3 Å². The van der Waals surface area contributed by atoms with Crippen LogP contribution < -0.4 is 35.1 Å². The van der Waals surface area contributed by atoms with Gasteiger partial charge in [0.05, 0.1) is 118 Å². The number of halogens is 8. The molecule has 0 spiro atoms. The molecule has 0 saturated carbocycles. The van der Waals surface area contributed by atoms with Gasteiger partial charge in [-0.2, -0.15) is 0 Å². The summed E-state index contributed by atoms with van der Waals surface area (Å²) in [5.74, 6) is -0.00482. The number of unbranched alkanes of at least 4 members (excludes halogenated alkanes) is 12. The Hall–Kier alpha value is -7.65. The third-order valence-corrected chi connectivity index (χ3v) is 21.9. The molecule has 1 aliphatic heterocycles. The van der Waals surface area contributed by atoms with Crippen molar-refractivity contribution >= 4 is 172 Å². The molecule has 0 aliphatic carbocycles. The van der Waals surface area contributed by atoms with Gasteiger partial charge >= 0.3 is 32.6 Å². The molecule has 1 amide bonds. The summed E-state index contributed by atoms with van der Waals surface area (Å²) in [5.41, 5.74) is 8.49. The van der Waals surface area contributed by atoms with E-state index in [-0.39, 0.29) is 64.1 Å². The molecule has 0 radical (unpaired) electrons. The minimum Gasteiger partial charge on any atom is -0.480 e. The van der Waals surface area contributed by atoms with E-state index in [0.29, 0.717) is 105 Å². The summed E-state index contributed by atoms with van der Waals surface area (Å²) < 4.78 is 47.5. The number of ether oxygens (including phenoxy) is 6. The highest BCUT2D eigenvalue weighted by Crippen LogP contribution is 2.49. The fraction of sp³-hybridized carbons (Fsp3) is 0.386. The number of nitrogens with zero attached hydrogens (tertiary/aromatic N) is 2. The predicted molar refractivity (Wildman–Crippen MR) is 478 cm³/mol. The van der Waals surface area contributed by atoms with Gasteiger partial charge < -0.3 is 43.6 Å². The first kappa shape index (κ1) is 98.9. The van der Waals surface area contributed by atoms with E-state index in [9.17, 15) is 28.5 Å². The molecule has 18 nitrogen and oxygen atoms in total. The number of carbonyl (C=O) groups is 5. The summed E-state index contributed by atoms with van der Waals surface area (Å²) >= 11 is 53.4. The van der Waals surface area contributed by atoms with Gasteiger partial charge in [0.2, 0.25) is 0 Å². The number of thioether (sulfide) groups is 1. The number of nitrogens with one attached hydrogen (secondary N) is 3. The lowest BCUT2D eigenvalue weighted by Crippen LogP contribution is -2.33. The van der Waals surface area contributed by atoms with Crippen molar-refractivity contribution in [2.45, 2.75) is 188 Å². The number of amidine groups is 1. The number of hydrogen-bond donors (Lipinski definition) is 3. The average molecular weight is 1790 g/mol. The molecule has 1 heterocycles. The molecule has 28 heteroatoms. The quantitative estimate of drug-likeness (QED) is 0.00620. The molecular formula is C88H104Cl8N5O13PS. The van der Waals surface area contributed by atoms with Gasteiger partial charge in [0.25, 0.3) is 5.91 Å². The fourth-order valence-electron chi connectivity index (χ4n) is 11.0. The van der Waals surface area contributed by atoms with Crippen molar-refractivity contribution in [1.82, 2.24) is 5.43 Å². The molecule has 8 aromatic carbocycles. The lowest BCUT2D eigenvalue weighted by Gasteiger charge is -2.23. The number of hydrazine groups is 1. The van der Waals surface area contributed by atoms with Crippen LogP contribution >= 0.6 is 113 Å². The van der Waals surface area contributed by atoms with Gasteiger partial charge in [-0.1, -0.05) is 297 Å². The molecule has 1 fully saturated rings. The Labute approximate surface area is 729 Å². The molecule has 1 aliphatic rings. The Kier molecular flexibility index (Phi) is 47.7. The van der Waals surface area contributed by atoms with E-state index in [2.05, 4.69) is 34.4 Å². The fourth-order valence-corrected chi connectivity index (χ4v) is 14.4. The van der Waals surface area contributed by atoms with Gasteiger partial charge in [-0.25, -0.2) is 28.7 Å². The van der Waals surface area contributed by atoms with Crippen LogP contribution in [0.2, 0.25) is 40.2 Å². The van der Waals surface area contributed by atoms with Gasteiger partial charge in [-0.3, -0.25) is 15.2 Å². The Morgan fingerprint density at radius 3 is 1.48 bits per heavy atom. The summed E-state index contributed by atoms with van der Waals surface area (Å²) in [5, 5.41) is 9.01. The van der Waals surface area contributed by atoms with Crippen LogP contribution in [0.5, 0.6) is 17.2 Å². The third-order valence-electron chi connectivity index (χ3n) is 17.2. The number of para-hydroxylation sites is 3. The van der Waals surface area contributed by atoms with Gasteiger partial charge in [0.15, 0.2) is 18.6 Å². The zero-order chi connectivity index (χ0) is 84.7. The topological polar surface area (TPSA) is 219 Å². The minimum atomic E-state index is -0.732. The van der Waals surface area contributed by atoms with E-state index in [1.54, 1.807) is 102 Å². The molecule has 9 rings (SSSR count). The van der Waals surface area contributed by atoms with Crippen LogP contribution in [0.15, 0.2) is 168 Å². The Bertz CT molecular complexity index is 4300. The molecule has 0 aromatic heterocycles. The van der Waals surface area contributed by atoms with Gasteiger partial charge in [0.1, 0.15) is 17.3 Å². The highest BCUT2D eigenvalue weighted by atomic mass is 35.5. The molecule has 3 N–H and O–H groups in total. The molecule has 2 unspecified atom stereocenters. The van der Waals surface area contributed by atoms with Gasteiger partial charge in [-0.05, 0) is 136 Å². The SMILES string of the molecule is CC.CCC(Oc1ccc(C)cc1C)C(=O)Nc1ccccc1SC1CN(c2c(Cl)c(Cl)c(Cl)c(Cl)c2Cl)NC1=Nc1cc(NCOc2c(Cl)cccc2Cl)ccc1Cl.CCCCCCCCOC(=O)c1ccccc1C(=O)OCCCCCCCC.CCCCOC(=O)c1ccccc1C(=O)OCCCC.O=POc1ccccc1. The first-order chi connectivity index (χ1) is 56.1. The largest absolute Gasteiger partial charge is 0.480 e. The predicted octanol–water partition coefficient (Wildman–Crippen LogP) is 27.6. The van der Waals surface area contributed by atoms with Crippen molar-refractivity contribution in [3.63, 3.8) is 0 Å². The van der Waals surface area contributed by atoms with Crippen LogP contribution in [0.25, 0.3) is 0 Å². The molecule has 2 atom stereocenters. The number of hydrogen-bond acceptors (Lipinski definition) is 17. The average Bonchev–Trinajstić information content (AvgIpc) is 1.61. The molecular weight excluding hydrogens is 1680 g/mol. The number of esters is 4. The van der Waals surface area contributed by atoms with E-state index in [1.807, 2.05) is 109 Å². The van der Waals surface area contributed by atoms with E-state index in [1.165, 1.54) is 63.1 Å². The second-order valence-corrected chi connectivity index (χ2v) is 30.7. The normalized spacial score (nSPS) is 12.5. The number of carbonyl (C=O) groups excluding carboxylic acids is 5. The number of amides is 1. The van der Waals surface area contributed by atoms with E-state index in [4.69, 9.17) is 126 Å². The third kappa shape index (κ3) is 33.3. The number of aliphatic imine (C=N–C) groups is 1. The van der Waals surface area contributed by atoms with Crippen LogP contribution in [0.4, 0.5) is 22.7 Å². The second kappa shape index (κ2) is 55.9. The minimum absolute atomic E-state index is 0.0320. The lowest BCUT2D eigenvalue weighted by molar-refractivity contribution is -0.122. The molecule has 0 bridgehead atoms. The first-order valence-electron chi connectivity index (χ1n) is 39.1. The molecule has 1 saturated heterocycles. The van der Waals surface area contributed by atoms with Crippen molar-refractivity contribution in [3.05, 3.63) is 231 Å². The highest BCUT2D eigenvalue weighted by Gasteiger charge is 2.36. The molecule has 116 heavy (non-hydrogen) atoms. The Balaban J connectivity index is 0.000000334.